The Morgan fingerprint density at radius 2 is 1.65 bits per heavy atom. The summed E-state index contributed by atoms with van der Waals surface area (Å²) in [6, 6.07) is 0. The van der Waals surface area contributed by atoms with Crippen LogP contribution in [0.4, 0.5) is 0 Å². The van der Waals surface area contributed by atoms with Gasteiger partial charge in [0, 0.05) is 0 Å². The predicted molar refractivity (Wildman–Crippen MR) is 72.9 cm³/mol. The highest BCUT2D eigenvalue weighted by Gasteiger charge is 2.29. The minimum absolute atomic E-state index is 0.0980. The van der Waals surface area contributed by atoms with Crippen LogP contribution in [0, 0.1) is 16.7 Å². The second-order valence-corrected chi connectivity index (χ2v) is 6.99. The summed E-state index contributed by atoms with van der Waals surface area (Å²) in [4.78, 5) is 11.5. The van der Waals surface area contributed by atoms with E-state index < -0.39 is 0 Å². The Balaban J connectivity index is 4.10. The molecule has 0 unspecified atom stereocenters. The van der Waals surface area contributed by atoms with Crippen molar-refractivity contribution in [3.8, 4) is 0 Å². The third kappa shape index (κ3) is 6.70. The largest absolute Gasteiger partial charge is 0.469 e. The van der Waals surface area contributed by atoms with Gasteiger partial charge in [-0.15, -0.1) is 0 Å². The molecule has 0 rings (SSSR count). The zero-order valence-corrected chi connectivity index (χ0v) is 12.7. The van der Waals surface area contributed by atoms with Crippen molar-refractivity contribution >= 4 is 5.97 Å². The SMILES string of the molecule is COC(=O)C(C)(C)CCCC(C)(C)CC(C)C. The van der Waals surface area contributed by atoms with Crippen molar-refractivity contribution in [1.82, 2.24) is 0 Å². The van der Waals surface area contributed by atoms with Crippen molar-refractivity contribution in [3.05, 3.63) is 0 Å². The normalized spacial score (nSPS) is 12.9. The molecule has 0 saturated carbocycles. The number of hydrogen-bond donors (Lipinski definition) is 0. The van der Waals surface area contributed by atoms with Crippen LogP contribution in [-0.4, -0.2) is 13.1 Å². The fourth-order valence-corrected chi connectivity index (χ4v) is 2.59. The second-order valence-electron chi connectivity index (χ2n) is 6.99. The maximum Gasteiger partial charge on any atom is 0.311 e. The molecular formula is C15H30O2. The molecule has 0 atom stereocenters. The Labute approximate surface area is 107 Å². The van der Waals surface area contributed by atoms with Gasteiger partial charge in [0.25, 0.3) is 0 Å². The molecule has 0 aromatic rings. The highest BCUT2D eigenvalue weighted by atomic mass is 16.5. The van der Waals surface area contributed by atoms with Crippen molar-refractivity contribution < 1.29 is 9.53 Å². The van der Waals surface area contributed by atoms with E-state index in [0.29, 0.717) is 5.41 Å². The summed E-state index contributed by atoms with van der Waals surface area (Å²) < 4.78 is 4.82. The molecule has 17 heavy (non-hydrogen) atoms. The maximum atomic E-state index is 11.5. The van der Waals surface area contributed by atoms with Gasteiger partial charge in [-0.3, -0.25) is 4.79 Å². The monoisotopic (exact) mass is 242 g/mol. The van der Waals surface area contributed by atoms with E-state index in [0.717, 1.165) is 18.8 Å². The molecule has 2 nitrogen and oxygen atoms in total. The van der Waals surface area contributed by atoms with E-state index >= 15 is 0 Å². The van der Waals surface area contributed by atoms with Crippen LogP contribution in [0.1, 0.15) is 67.2 Å². The van der Waals surface area contributed by atoms with Crippen LogP contribution in [0.2, 0.25) is 0 Å². The van der Waals surface area contributed by atoms with E-state index in [4.69, 9.17) is 4.74 Å². The molecule has 0 fully saturated rings. The highest BCUT2D eigenvalue weighted by molar-refractivity contribution is 5.75. The molecule has 0 aliphatic heterocycles. The molecule has 102 valence electrons. The van der Waals surface area contributed by atoms with Gasteiger partial charge in [-0.05, 0) is 44.4 Å². The predicted octanol–water partition coefficient (Wildman–Crippen LogP) is 4.43. The van der Waals surface area contributed by atoms with E-state index in [2.05, 4.69) is 27.7 Å². The molecule has 0 aromatic carbocycles. The van der Waals surface area contributed by atoms with Crippen molar-refractivity contribution in [2.24, 2.45) is 16.7 Å². The molecule has 0 radical (unpaired) electrons. The molecule has 2 heteroatoms. The Morgan fingerprint density at radius 1 is 1.12 bits per heavy atom. The smallest absolute Gasteiger partial charge is 0.311 e. The molecule has 0 N–H and O–H groups in total. The van der Waals surface area contributed by atoms with Crippen LogP contribution in [0.15, 0.2) is 0 Å². The second kappa shape index (κ2) is 6.42. The van der Waals surface area contributed by atoms with Crippen LogP contribution in [0.5, 0.6) is 0 Å². The standard InChI is InChI=1S/C15H30O2/c1-12(2)11-14(3,4)9-8-10-15(5,6)13(16)17-7/h12H,8-11H2,1-7H3. The molecule has 0 heterocycles. The summed E-state index contributed by atoms with van der Waals surface area (Å²) in [5, 5.41) is 0. The molecule has 0 aliphatic carbocycles. The summed E-state index contributed by atoms with van der Waals surface area (Å²) in [6.07, 6.45) is 4.40. The van der Waals surface area contributed by atoms with Gasteiger partial charge in [-0.25, -0.2) is 0 Å². The number of hydrogen-bond acceptors (Lipinski definition) is 2. The lowest BCUT2D eigenvalue weighted by Crippen LogP contribution is -2.26. The number of carbonyl (C=O) groups is 1. The van der Waals surface area contributed by atoms with Crippen LogP contribution in [0.3, 0.4) is 0 Å². The fraction of sp³-hybridized carbons (Fsp3) is 0.933. The Bertz CT molecular complexity index is 239. The first-order valence-electron chi connectivity index (χ1n) is 6.69. The van der Waals surface area contributed by atoms with Gasteiger partial charge >= 0.3 is 5.97 Å². The van der Waals surface area contributed by atoms with Gasteiger partial charge in [0.15, 0.2) is 0 Å². The van der Waals surface area contributed by atoms with E-state index in [1.165, 1.54) is 20.0 Å². The number of rotatable bonds is 7. The number of ether oxygens (including phenoxy) is 1. The first kappa shape index (κ1) is 16.5. The van der Waals surface area contributed by atoms with Gasteiger partial charge in [-0.2, -0.15) is 0 Å². The first-order valence-corrected chi connectivity index (χ1v) is 6.69. The minimum atomic E-state index is -0.345. The lowest BCUT2D eigenvalue weighted by atomic mass is 9.77. The summed E-state index contributed by atoms with van der Waals surface area (Å²) in [5.74, 6) is 0.637. The quantitative estimate of drug-likeness (QED) is 0.617. The average Bonchev–Trinajstić information content (AvgIpc) is 2.13. The van der Waals surface area contributed by atoms with Crippen LogP contribution in [0.25, 0.3) is 0 Å². The van der Waals surface area contributed by atoms with Crippen molar-refractivity contribution in [3.63, 3.8) is 0 Å². The van der Waals surface area contributed by atoms with Gasteiger partial charge < -0.3 is 4.74 Å². The van der Waals surface area contributed by atoms with Crippen molar-refractivity contribution in [2.45, 2.75) is 67.2 Å². The molecule has 0 amide bonds. The topological polar surface area (TPSA) is 26.3 Å². The molecule has 0 spiro atoms. The van der Waals surface area contributed by atoms with E-state index in [1.807, 2.05) is 13.8 Å². The lowest BCUT2D eigenvalue weighted by molar-refractivity contribution is -0.151. The van der Waals surface area contributed by atoms with E-state index in [1.54, 1.807) is 0 Å². The first-order chi connectivity index (χ1) is 7.60. The van der Waals surface area contributed by atoms with Crippen molar-refractivity contribution in [2.75, 3.05) is 7.11 Å². The van der Waals surface area contributed by atoms with Gasteiger partial charge in [0.1, 0.15) is 0 Å². The Hall–Kier alpha value is -0.530. The van der Waals surface area contributed by atoms with Crippen molar-refractivity contribution in [1.29, 1.82) is 0 Å². The fourth-order valence-electron chi connectivity index (χ4n) is 2.59. The third-order valence-corrected chi connectivity index (χ3v) is 3.35. The van der Waals surface area contributed by atoms with Gasteiger partial charge in [-0.1, -0.05) is 34.1 Å². The highest BCUT2D eigenvalue weighted by Crippen LogP contribution is 2.34. The minimum Gasteiger partial charge on any atom is -0.469 e. The number of esters is 1. The molecule has 0 bridgehead atoms. The summed E-state index contributed by atoms with van der Waals surface area (Å²) in [5.41, 5.74) is 0.0308. The number of carbonyl (C=O) groups excluding carboxylic acids is 1. The van der Waals surface area contributed by atoms with E-state index in [9.17, 15) is 4.79 Å². The molecular weight excluding hydrogens is 212 g/mol. The zero-order valence-electron chi connectivity index (χ0n) is 12.7. The van der Waals surface area contributed by atoms with Crippen LogP contribution >= 0.6 is 0 Å². The molecule has 0 saturated heterocycles. The summed E-state index contributed by atoms with van der Waals surface area (Å²) in [6.45, 7) is 13.1. The molecule has 0 aliphatic rings. The molecule has 0 aromatic heterocycles. The maximum absolute atomic E-state index is 11.5. The van der Waals surface area contributed by atoms with Crippen LogP contribution in [-0.2, 0) is 9.53 Å². The Kier molecular flexibility index (Phi) is 6.22. The summed E-state index contributed by atoms with van der Waals surface area (Å²) in [7, 11) is 1.47. The summed E-state index contributed by atoms with van der Waals surface area (Å²) >= 11 is 0. The third-order valence-electron chi connectivity index (χ3n) is 3.35. The number of methoxy groups -OCH3 is 1. The van der Waals surface area contributed by atoms with Crippen LogP contribution < -0.4 is 0 Å². The lowest BCUT2D eigenvalue weighted by Gasteiger charge is -2.28. The van der Waals surface area contributed by atoms with Gasteiger partial charge in [0.05, 0.1) is 12.5 Å². The zero-order chi connectivity index (χ0) is 13.7. The van der Waals surface area contributed by atoms with Gasteiger partial charge in [0.2, 0.25) is 0 Å². The average molecular weight is 242 g/mol. The Morgan fingerprint density at radius 3 is 2.06 bits per heavy atom. The van der Waals surface area contributed by atoms with E-state index in [-0.39, 0.29) is 11.4 Å².